The van der Waals surface area contributed by atoms with Crippen LogP contribution in [0.2, 0.25) is 0 Å². The van der Waals surface area contributed by atoms with Gasteiger partial charge < -0.3 is 14.4 Å². The molecule has 0 saturated carbocycles. The first-order valence-electron chi connectivity index (χ1n) is 12.8. The summed E-state index contributed by atoms with van der Waals surface area (Å²) in [5.41, 5.74) is 4.43. The van der Waals surface area contributed by atoms with E-state index in [-0.39, 0.29) is 28.3 Å². The van der Waals surface area contributed by atoms with Gasteiger partial charge in [0.2, 0.25) is 0 Å². The predicted molar refractivity (Wildman–Crippen MR) is 142 cm³/mol. The lowest BCUT2D eigenvalue weighted by atomic mass is 9.63. The molecule has 0 unspecified atom stereocenters. The third kappa shape index (κ3) is 4.71. The number of nitrogens with zero attached hydrogens (tertiary/aromatic N) is 1. The Bertz CT molecular complexity index is 1070. The molecule has 190 valence electrons. The molecule has 1 aromatic rings. The fourth-order valence-electron chi connectivity index (χ4n) is 6.06. The largest absolute Gasteiger partial charge is 0.490 e. The summed E-state index contributed by atoms with van der Waals surface area (Å²) in [4.78, 5) is 29.8. The van der Waals surface area contributed by atoms with Crippen LogP contribution in [-0.2, 0) is 9.59 Å². The zero-order chi connectivity index (χ0) is 25.7. The highest BCUT2D eigenvalue weighted by Crippen LogP contribution is 2.55. The number of ether oxygens (including phenoxy) is 2. The average molecular weight is 545 g/mol. The molecule has 0 amide bonds. The van der Waals surface area contributed by atoms with Crippen molar-refractivity contribution in [1.82, 2.24) is 4.90 Å². The van der Waals surface area contributed by atoms with E-state index in [9.17, 15) is 9.59 Å². The van der Waals surface area contributed by atoms with Crippen LogP contribution in [-0.4, -0.2) is 36.2 Å². The summed E-state index contributed by atoms with van der Waals surface area (Å²) in [6, 6.07) is 3.98. The molecule has 3 aliphatic rings. The molecule has 0 fully saturated rings. The van der Waals surface area contributed by atoms with Crippen LogP contribution in [0.25, 0.3) is 0 Å². The van der Waals surface area contributed by atoms with E-state index >= 15 is 0 Å². The molecule has 0 N–H and O–H groups in total. The van der Waals surface area contributed by atoms with Crippen LogP contribution in [0, 0.1) is 10.8 Å². The molecule has 1 heterocycles. The fourth-order valence-corrected chi connectivity index (χ4v) is 6.64. The second kappa shape index (κ2) is 9.42. The van der Waals surface area contributed by atoms with E-state index in [0.29, 0.717) is 37.6 Å². The Morgan fingerprint density at radius 1 is 0.857 bits per heavy atom. The first kappa shape index (κ1) is 26.0. The molecule has 35 heavy (non-hydrogen) atoms. The van der Waals surface area contributed by atoms with Crippen LogP contribution in [0.5, 0.6) is 11.5 Å². The second-order valence-electron chi connectivity index (χ2n) is 11.5. The summed E-state index contributed by atoms with van der Waals surface area (Å²) < 4.78 is 12.6. The van der Waals surface area contributed by atoms with Crippen molar-refractivity contribution in [3.05, 3.63) is 44.7 Å². The Balaban J connectivity index is 2.00. The molecule has 4 rings (SSSR count). The predicted octanol–water partition coefficient (Wildman–Crippen LogP) is 6.95. The Morgan fingerprint density at radius 3 is 1.83 bits per heavy atom. The van der Waals surface area contributed by atoms with Gasteiger partial charge in [-0.25, -0.2) is 0 Å². The standard InChI is InChI=1S/C29H38BrNO4/c1-8-31-19-13-28(4,5)15-21(32)25(19)24(26-20(31)14-29(6,7)16-22(26)33)17-11-18(30)27(35-10-3)23(12-17)34-9-2/h11-12,24H,8-10,13-16H2,1-7H3. The van der Waals surface area contributed by atoms with Crippen molar-refractivity contribution in [3.8, 4) is 11.5 Å². The lowest BCUT2D eigenvalue weighted by Gasteiger charge is -2.49. The number of rotatable bonds is 6. The minimum absolute atomic E-state index is 0.115. The van der Waals surface area contributed by atoms with Gasteiger partial charge in [0, 0.05) is 47.8 Å². The third-order valence-electron chi connectivity index (χ3n) is 7.29. The lowest BCUT2D eigenvalue weighted by molar-refractivity contribution is -0.119. The minimum Gasteiger partial charge on any atom is -0.490 e. The van der Waals surface area contributed by atoms with Gasteiger partial charge in [0.05, 0.1) is 17.7 Å². The van der Waals surface area contributed by atoms with Crippen molar-refractivity contribution in [2.24, 2.45) is 10.8 Å². The van der Waals surface area contributed by atoms with Gasteiger partial charge in [-0.3, -0.25) is 9.59 Å². The van der Waals surface area contributed by atoms with Crippen LogP contribution < -0.4 is 9.47 Å². The Kier molecular flexibility index (Phi) is 7.00. The highest BCUT2D eigenvalue weighted by molar-refractivity contribution is 9.10. The van der Waals surface area contributed by atoms with Crippen molar-refractivity contribution in [3.63, 3.8) is 0 Å². The molecule has 0 aromatic heterocycles. The minimum atomic E-state index is -0.388. The second-order valence-corrected chi connectivity index (χ2v) is 12.3. The van der Waals surface area contributed by atoms with E-state index in [4.69, 9.17) is 9.47 Å². The third-order valence-corrected chi connectivity index (χ3v) is 7.88. The number of carbonyl (C=O) groups is 2. The highest BCUT2D eigenvalue weighted by atomic mass is 79.9. The number of ketones is 2. The van der Waals surface area contributed by atoms with Crippen LogP contribution in [0.3, 0.4) is 0 Å². The van der Waals surface area contributed by atoms with Crippen molar-refractivity contribution in [1.29, 1.82) is 0 Å². The fraction of sp³-hybridized carbons (Fsp3) is 0.586. The van der Waals surface area contributed by atoms with Gasteiger partial charge in [0.1, 0.15) is 0 Å². The van der Waals surface area contributed by atoms with Crippen LogP contribution in [0.1, 0.15) is 85.6 Å². The van der Waals surface area contributed by atoms with Gasteiger partial charge in [-0.15, -0.1) is 0 Å². The van der Waals surface area contributed by atoms with Crippen LogP contribution >= 0.6 is 15.9 Å². The first-order chi connectivity index (χ1) is 16.4. The Hall–Kier alpha value is -2.08. The zero-order valence-electron chi connectivity index (χ0n) is 22.1. The van der Waals surface area contributed by atoms with Gasteiger partial charge in [0.25, 0.3) is 0 Å². The van der Waals surface area contributed by atoms with E-state index < -0.39 is 0 Å². The molecule has 0 radical (unpaired) electrons. The number of allylic oxidation sites excluding steroid dienone is 4. The van der Waals surface area contributed by atoms with E-state index in [0.717, 1.165) is 52.0 Å². The highest BCUT2D eigenvalue weighted by Gasteiger charge is 2.48. The number of hydrogen-bond donors (Lipinski definition) is 0. The van der Waals surface area contributed by atoms with Crippen molar-refractivity contribution >= 4 is 27.5 Å². The molecule has 0 atom stereocenters. The van der Waals surface area contributed by atoms with Crippen molar-refractivity contribution < 1.29 is 19.1 Å². The molecular formula is C29H38BrNO4. The first-order valence-corrected chi connectivity index (χ1v) is 13.6. The zero-order valence-corrected chi connectivity index (χ0v) is 23.7. The van der Waals surface area contributed by atoms with Gasteiger partial charge >= 0.3 is 0 Å². The number of hydrogen-bond acceptors (Lipinski definition) is 5. The molecule has 6 heteroatoms. The number of halogens is 1. The van der Waals surface area contributed by atoms with Crippen molar-refractivity contribution in [2.45, 2.75) is 80.1 Å². The van der Waals surface area contributed by atoms with Gasteiger partial charge in [-0.05, 0) is 78.1 Å². The number of carbonyl (C=O) groups excluding carboxylic acids is 2. The summed E-state index contributed by atoms with van der Waals surface area (Å²) in [7, 11) is 0. The topological polar surface area (TPSA) is 55.8 Å². The summed E-state index contributed by atoms with van der Waals surface area (Å²) in [6.45, 7) is 16.4. The Morgan fingerprint density at radius 2 is 1.37 bits per heavy atom. The maximum atomic E-state index is 13.8. The van der Waals surface area contributed by atoms with E-state index in [1.165, 1.54) is 0 Å². The lowest BCUT2D eigenvalue weighted by Crippen LogP contribution is -2.44. The molecular weight excluding hydrogens is 506 g/mol. The molecule has 1 aromatic carbocycles. The van der Waals surface area contributed by atoms with E-state index in [2.05, 4.69) is 55.4 Å². The van der Waals surface area contributed by atoms with Gasteiger partial charge in [-0.2, -0.15) is 0 Å². The maximum absolute atomic E-state index is 13.8. The molecule has 2 aliphatic carbocycles. The van der Waals surface area contributed by atoms with Crippen molar-refractivity contribution in [2.75, 3.05) is 19.8 Å². The Labute approximate surface area is 218 Å². The summed E-state index contributed by atoms with van der Waals surface area (Å²) in [6.07, 6.45) is 2.61. The molecule has 0 saturated heterocycles. The van der Waals surface area contributed by atoms with Gasteiger partial charge in [-0.1, -0.05) is 27.7 Å². The maximum Gasteiger partial charge on any atom is 0.175 e. The van der Waals surface area contributed by atoms with E-state index in [1.807, 2.05) is 26.0 Å². The molecule has 0 spiro atoms. The SMILES string of the molecule is CCOc1cc(C2C3=C(CC(C)(C)CC3=O)N(CC)C3=C2C(=O)CC(C)(C)C3)cc(Br)c1OCC. The quantitative estimate of drug-likeness (QED) is 0.388. The molecule has 5 nitrogen and oxygen atoms in total. The smallest absolute Gasteiger partial charge is 0.175 e. The monoisotopic (exact) mass is 543 g/mol. The summed E-state index contributed by atoms with van der Waals surface area (Å²) in [5, 5.41) is 0. The summed E-state index contributed by atoms with van der Waals surface area (Å²) >= 11 is 3.69. The van der Waals surface area contributed by atoms with Crippen LogP contribution in [0.4, 0.5) is 0 Å². The molecule has 1 aliphatic heterocycles. The number of benzene rings is 1. The summed E-state index contributed by atoms with van der Waals surface area (Å²) in [5.74, 6) is 1.19. The van der Waals surface area contributed by atoms with Gasteiger partial charge in [0.15, 0.2) is 23.1 Å². The normalized spacial score (nSPS) is 21.8. The number of Topliss-reactive ketones (excluding diaryl/α,β-unsaturated/α-hetero) is 2. The van der Waals surface area contributed by atoms with Crippen LogP contribution in [0.15, 0.2) is 39.1 Å². The molecule has 0 bridgehead atoms. The average Bonchev–Trinajstić information content (AvgIpc) is 2.73. The van der Waals surface area contributed by atoms with E-state index in [1.54, 1.807) is 0 Å².